The van der Waals surface area contributed by atoms with Crippen molar-refractivity contribution < 1.29 is 12.8 Å². The Morgan fingerprint density at radius 2 is 2.11 bits per heavy atom. The van der Waals surface area contributed by atoms with E-state index in [1.807, 2.05) is 0 Å². The Kier molecular flexibility index (Phi) is 4.53. The average Bonchev–Trinajstić information content (AvgIpc) is 2.37. The molecule has 1 atom stereocenters. The third-order valence-electron chi connectivity index (χ3n) is 3.35. The molecule has 2 rings (SSSR count). The minimum absolute atomic E-state index is 0.0552. The molecule has 0 bridgehead atoms. The van der Waals surface area contributed by atoms with Crippen molar-refractivity contribution in [3.05, 3.63) is 23.5 Å². The van der Waals surface area contributed by atoms with Crippen molar-refractivity contribution in [1.29, 1.82) is 0 Å². The van der Waals surface area contributed by atoms with Crippen LogP contribution in [-0.2, 0) is 9.84 Å². The van der Waals surface area contributed by atoms with E-state index < -0.39 is 15.7 Å². The minimum Gasteiger partial charge on any atom is -0.310 e. The lowest BCUT2D eigenvalue weighted by Crippen LogP contribution is -2.27. The Bertz CT molecular complexity index is 566. The summed E-state index contributed by atoms with van der Waals surface area (Å²) in [5, 5.41) is 3.31. The largest absolute Gasteiger partial charge is 0.310 e. The van der Waals surface area contributed by atoms with Gasteiger partial charge in [-0.1, -0.05) is 6.42 Å². The van der Waals surface area contributed by atoms with E-state index in [0.29, 0.717) is 0 Å². The van der Waals surface area contributed by atoms with Gasteiger partial charge in [-0.2, -0.15) is 0 Å². The minimum atomic E-state index is -3.42. The summed E-state index contributed by atoms with van der Waals surface area (Å²) < 4.78 is 37.7. The third kappa shape index (κ3) is 3.30. The molecule has 0 saturated carbocycles. The van der Waals surface area contributed by atoms with Crippen LogP contribution in [0.25, 0.3) is 0 Å². The molecule has 1 fully saturated rings. The van der Waals surface area contributed by atoms with Gasteiger partial charge in [0, 0.05) is 12.3 Å². The second kappa shape index (κ2) is 5.81. The van der Waals surface area contributed by atoms with Crippen molar-refractivity contribution in [3.8, 4) is 0 Å². The molecule has 0 aromatic heterocycles. The van der Waals surface area contributed by atoms with Gasteiger partial charge in [-0.3, -0.25) is 0 Å². The Balaban J connectivity index is 2.50. The molecule has 0 spiro atoms. The first-order chi connectivity index (χ1) is 8.93. The zero-order valence-electron chi connectivity index (χ0n) is 11.1. The first-order valence-electron chi connectivity index (χ1n) is 6.24. The molecular formula is C13H18FNO2S2. The van der Waals surface area contributed by atoms with Crippen LogP contribution in [0.2, 0.25) is 0 Å². The number of halogens is 1. The Hall–Kier alpha value is -0.590. The monoisotopic (exact) mass is 303 g/mol. The van der Waals surface area contributed by atoms with Crippen LogP contribution in [0, 0.1) is 5.82 Å². The molecule has 106 valence electrons. The third-order valence-corrected chi connectivity index (χ3v) is 5.42. The topological polar surface area (TPSA) is 46.2 Å². The van der Waals surface area contributed by atoms with Crippen LogP contribution in [0.3, 0.4) is 0 Å². The van der Waals surface area contributed by atoms with Crippen LogP contribution in [0.1, 0.15) is 30.9 Å². The van der Waals surface area contributed by atoms with Gasteiger partial charge < -0.3 is 5.32 Å². The van der Waals surface area contributed by atoms with Gasteiger partial charge in [-0.15, -0.1) is 11.8 Å². The highest BCUT2D eigenvalue weighted by molar-refractivity contribution is 7.99. The maximum absolute atomic E-state index is 14.1. The number of benzene rings is 1. The molecule has 19 heavy (non-hydrogen) atoms. The molecule has 1 heterocycles. The Morgan fingerprint density at radius 1 is 1.37 bits per heavy atom. The summed E-state index contributed by atoms with van der Waals surface area (Å²) in [6.07, 6.45) is 5.92. The van der Waals surface area contributed by atoms with Crippen molar-refractivity contribution in [2.24, 2.45) is 0 Å². The van der Waals surface area contributed by atoms with Crippen LogP contribution >= 0.6 is 11.8 Å². The molecule has 0 radical (unpaired) electrons. The molecule has 1 aromatic carbocycles. The van der Waals surface area contributed by atoms with E-state index in [-0.39, 0.29) is 15.8 Å². The fourth-order valence-corrected chi connectivity index (χ4v) is 4.40. The molecule has 1 aliphatic heterocycles. The number of rotatable bonds is 3. The number of hydrogen-bond donors (Lipinski definition) is 1. The standard InChI is InChI=1S/C13H18FNO2S2/c1-18-13-10(14)7-9(8-12(13)19(2,16)17)11-5-3-4-6-15-11/h7-8,11,15H,3-6H2,1-2H3. The van der Waals surface area contributed by atoms with Gasteiger partial charge in [0.25, 0.3) is 0 Å². The van der Waals surface area contributed by atoms with E-state index in [1.54, 1.807) is 12.3 Å². The first kappa shape index (κ1) is 14.8. The Labute approximate surface area is 117 Å². The van der Waals surface area contributed by atoms with Gasteiger partial charge >= 0.3 is 0 Å². The van der Waals surface area contributed by atoms with Gasteiger partial charge in [0.2, 0.25) is 0 Å². The van der Waals surface area contributed by atoms with Gasteiger partial charge in [0.15, 0.2) is 9.84 Å². The molecule has 0 aliphatic carbocycles. The number of sulfone groups is 1. The summed E-state index contributed by atoms with van der Waals surface area (Å²) >= 11 is 1.13. The number of nitrogens with one attached hydrogen (secondary N) is 1. The quantitative estimate of drug-likeness (QED) is 0.872. The van der Waals surface area contributed by atoms with Gasteiger partial charge in [-0.25, -0.2) is 12.8 Å². The zero-order chi connectivity index (χ0) is 14.0. The summed E-state index contributed by atoms with van der Waals surface area (Å²) in [6, 6.07) is 3.14. The van der Waals surface area contributed by atoms with Gasteiger partial charge in [0.05, 0.1) is 9.79 Å². The summed E-state index contributed by atoms with van der Waals surface area (Å²) in [6.45, 7) is 0.894. The van der Waals surface area contributed by atoms with Crippen LogP contribution in [0.15, 0.2) is 21.9 Å². The van der Waals surface area contributed by atoms with E-state index in [0.717, 1.165) is 49.4 Å². The fraction of sp³-hybridized carbons (Fsp3) is 0.538. The maximum atomic E-state index is 14.1. The smallest absolute Gasteiger partial charge is 0.176 e. The summed E-state index contributed by atoms with van der Waals surface area (Å²) in [4.78, 5) is 0.310. The summed E-state index contributed by atoms with van der Waals surface area (Å²) in [7, 11) is -3.42. The lowest BCUT2D eigenvalue weighted by molar-refractivity contribution is 0.409. The van der Waals surface area contributed by atoms with E-state index in [4.69, 9.17) is 0 Å². The van der Waals surface area contributed by atoms with E-state index in [9.17, 15) is 12.8 Å². The lowest BCUT2D eigenvalue weighted by Gasteiger charge is -2.24. The predicted octanol–water partition coefficient (Wildman–Crippen LogP) is 2.77. The normalized spacial score (nSPS) is 20.5. The average molecular weight is 303 g/mol. The van der Waals surface area contributed by atoms with E-state index in [2.05, 4.69) is 5.32 Å². The van der Waals surface area contributed by atoms with Crippen LogP contribution in [-0.4, -0.2) is 27.5 Å². The maximum Gasteiger partial charge on any atom is 0.176 e. The fourth-order valence-electron chi connectivity index (χ4n) is 2.40. The number of hydrogen-bond acceptors (Lipinski definition) is 4. The second-order valence-corrected chi connectivity index (χ2v) is 7.61. The molecular weight excluding hydrogens is 285 g/mol. The van der Waals surface area contributed by atoms with Crippen molar-refractivity contribution in [2.45, 2.75) is 35.1 Å². The zero-order valence-corrected chi connectivity index (χ0v) is 12.7. The molecule has 1 aliphatic rings. The molecule has 1 saturated heterocycles. The van der Waals surface area contributed by atoms with Crippen molar-refractivity contribution in [1.82, 2.24) is 5.32 Å². The molecule has 6 heteroatoms. The predicted molar refractivity (Wildman–Crippen MR) is 75.9 cm³/mol. The van der Waals surface area contributed by atoms with Crippen molar-refractivity contribution in [2.75, 3.05) is 19.1 Å². The van der Waals surface area contributed by atoms with E-state index >= 15 is 0 Å². The Morgan fingerprint density at radius 3 is 2.63 bits per heavy atom. The molecule has 1 N–H and O–H groups in total. The molecule has 1 unspecified atom stereocenters. The number of piperidine rings is 1. The van der Waals surface area contributed by atoms with Crippen LogP contribution < -0.4 is 5.32 Å². The summed E-state index contributed by atoms with van der Waals surface area (Å²) in [5.41, 5.74) is 0.732. The lowest BCUT2D eigenvalue weighted by atomic mass is 9.97. The van der Waals surface area contributed by atoms with Crippen LogP contribution in [0.4, 0.5) is 4.39 Å². The highest BCUT2D eigenvalue weighted by atomic mass is 32.2. The highest BCUT2D eigenvalue weighted by Crippen LogP contribution is 2.33. The first-order valence-corrected chi connectivity index (χ1v) is 9.36. The molecule has 1 aromatic rings. The van der Waals surface area contributed by atoms with Crippen LogP contribution in [0.5, 0.6) is 0 Å². The van der Waals surface area contributed by atoms with E-state index in [1.165, 1.54) is 6.07 Å². The van der Waals surface area contributed by atoms with Crippen molar-refractivity contribution in [3.63, 3.8) is 0 Å². The number of thioether (sulfide) groups is 1. The second-order valence-electron chi connectivity index (χ2n) is 4.81. The van der Waals surface area contributed by atoms with Crippen molar-refractivity contribution >= 4 is 21.6 Å². The van der Waals surface area contributed by atoms with Gasteiger partial charge in [-0.05, 0) is 43.3 Å². The SMILES string of the molecule is CSc1c(F)cc(C2CCCCN2)cc1S(C)(=O)=O. The highest BCUT2D eigenvalue weighted by Gasteiger charge is 2.22. The van der Waals surface area contributed by atoms with Gasteiger partial charge in [0.1, 0.15) is 5.82 Å². The molecule has 0 amide bonds. The molecule has 3 nitrogen and oxygen atoms in total. The summed E-state index contributed by atoms with van der Waals surface area (Å²) in [5.74, 6) is -0.446.